The summed E-state index contributed by atoms with van der Waals surface area (Å²) >= 11 is 0. The molecule has 0 aromatic carbocycles. The minimum atomic E-state index is -0.668. The van der Waals surface area contributed by atoms with Gasteiger partial charge in [-0.05, 0) is 51.4 Å². The Morgan fingerprint density at radius 2 is 0.746 bits per heavy atom. The number of carbonyl (C=O) groups excluding carboxylic acids is 2. The lowest BCUT2D eigenvalue weighted by Crippen LogP contribution is -2.45. The summed E-state index contributed by atoms with van der Waals surface area (Å²) in [4.78, 5) is 24.5. The smallest absolute Gasteiger partial charge is 0.305 e. The molecule has 0 aliphatic heterocycles. The van der Waals surface area contributed by atoms with Gasteiger partial charge in [0, 0.05) is 12.8 Å². The molecule has 2 unspecified atom stereocenters. The van der Waals surface area contributed by atoms with Crippen LogP contribution in [0.2, 0.25) is 0 Å². The van der Waals surface area contributed by atoms with Gasteiger partial charge >= 0.3 is 5.97 Å². The molecule has 0 aliphatic rings. The maximum atomic E-state index is 12.5. The maximum absolute atomic E-state index is 12.5. The molecule has 0 aromatic heterocycles. The van der Waals surface area contributed by atoms with E-state index in [0.717, 1.165) is 44.9 Å². The summed E-state index contributed by atoms with van der Waals surface area (Å²) in [6, 6.07) is -0.546. The van der Waals surface area contributed by atoms with E-state index in [4.69, 9.17) is 4.74 Å². The summed E-state index contributed by atoms with van der Waals surface area (Å²) in [5.41, 5.74) is 0. The standard InChI is InChI=1S/C57H111NO5/c1-3-5-7-9-11-13-15-17-21-25-29-33-37-41-45-49-55(60)54(53-59)58-56(61)50-46-42-38-34-30-26-23-19-20-24-28-32-36-40-44-48-52-63-57(62)51-47-43-39-35-31-27-22-18-16-14-12-10-8-6-4-2/h18,22,54-55,59-60H,3-17,19-21,23-53H2,1-2H3,(H,58,61)/b22-18-. The van der Waals surface area contributed by atoms with Crippen molar-refractivity contribution in [1.82, 2.24) is 5.32 Å². The summed E-state index contributed by atoms with van der Waals surface area (Å²) in [5, 5.41) is 23.3. The van der Waals surface area contributed by atoms with Crippen molar-refractivity contribution in [2.24, 2.45) is 0 Å². The Bertz CT molecular complexity index is 939. The number of esters is 1. The summed E-state index contributed by atoms with van der Waals surface area (Å²) in [6.45, 7) is 4.95. The number of nitrogens with one attached hydrogen (secondary N) is 1. The van der Waals surface area contributed by atoms with Crippen molar-refractivity contribution >= 4 is 11.9 Å². The number of amides is 1. The number of rotatable bonds is 53. The van der Waals surface area contributed by atoms with Crippen molar-refractivity contribution < 1.29 is 24.5 Å². The van der Waals surface area contributed by atoms with E-state index in [0.29, 0.717) is 25.9 Å². The van der Waals surface area contributed by atoms with Gasteiger partial charge in [-0.25, -0.2) is 0 Å². The molecule has 0 saturated carbocycles. The Kier molecular flexibility index (Phi) is 52.0. The number of allylic oxidation sites excluding steroid dienone is 2. The maximum Gasteiger partial charge on any atom is 0.305 e. The Morgan fingerprint density at radius 1 is 0.429 bits per heavy atom. The Labute approximate surface area is 393 Å². The molecule has 2 atom stereocenters. The zero-order chi connectivity index (χ0) is 45.8. The monoisotopic (exact) mass is 890 g/mol. The molecule has 0 spiro atoms. The minimum absolute atomic E-state index is 0.00416. The van der Waals surface area contributed by atoms with Crippen LogP contribution in [0.3, 0.4) is 0 Å². The van der Waals surface area contributed by atoms with Gasteiger partial charge in [-0.3, -0.25) is 9.59 Å². The highest BCUT2D eigenvalue weighted by Crippen LogP contribution is 2.17. The number of ether oxygens (including phenoxy) is 1. The number of unbranched alkanes of at least 4 members (excludes halogenated alkanes) is 40. The molecule has 63 heavy (non-hydrogen) atoms. The first-order valence-electron chi connectivity index (χ1n) is 28.4. The average Bonchev–Trinajstić information content (AvgIpc) is 3.28. The first-order valence-corrected chi connectivity index (χ1v) is 28.4. The molecule has 0 bridgehead atoms. The lowest BCUT2D eigenvalue weighted by Gasteiger charge is -2.22. The molecule has 0 aromatic rings. The fourth-order valence-electron chi connectivity index (χ4n) is 8.93. The van der Waals surface area contributed by atoms with Crippen LogP contribution in [0.4, 0.5) is 0 Å². The number of hydrogen-bond donors (Lipinski definition) is 3. The minimum Gasteiger partial charge on any atom is -0.466 e. The topological polar surface area (TPSA) is 95.9 Å². The van der Waals surface area contributed by atoms with Gasteiger partial charge < -0.3 is 20.3 Å². The van der Waals surface area contributed by atoms with Gasteiger partial charge in [-0.2, -0.15) is 0 Å². The van der Waals surface area contributed by atoms with E-state index in [9.17, 15) is 19.8 Å². The lowest BCUT2D eigenvalue weighted by molar-refractivity contribution is -0.143. The van der Waals surface area contributed by atoms with E-state index in [1.54, 1.807) is 0 Å². The summed E-state index contributed by atoms with van der Waals surface area (Å²) < 4.78 is 5.47. The third-order valence-electron chi connectivity index (χ3n) is 13.3. The molecule has 0 fully saturated rings. The molecule has 0 saturated heterocycles. The fraction of sp³-hybridized carbons (Fsp3) is 0.930. The van der Waals surface area contributed by atoms with Crippen LogP contribution in [0.15, 0.2) is 12.2 Å². The molecular weight excluding hydrogens is 779 g/mol. The van der Waals surface area contributed by atoms with Crippen molar-refractivity contribution in [3.05, 3.63) is 12.2 Å². The van der Waals surface area contributed by atoms with Crippen LogP contribution < -0.4 is 5.32 Å². The van der Waals surface area contributed by atoms with Crippen molar-refractivity contribution in [2.45, 2.75) is 328 Å². The molecule has 0 radical (unpaired) electrons. The SMILES string of the molecule is CCCCCCCC/C=C\CCCCCCCC(=O)OCCCCCCCCCCCCCCCCCCC(=O)NC(CO)C(O)CCCCCCCCCCCCCCCCC. The van der Waals surface area contributed by atoms with Gasteiger partial charge in [0.2, 0.25) is 5.91 Å². The Morgan fingerprint density at radius 3 is 1.13 bits per heavy atom. The highest BCUT2D eigenvalue weighted by Gasteiger charge is 2.20. The summed E-state index contributed by atoms with van der Waals surface area (Å²) in [6.07, 6.45) is 61.9. The highest BCUT2D eigenvalue weighted by atomic mass is 16.5. The fourth-order valence-corrected chi connectivity index (χ4v) is 8.93. The highest BCUT2D eigenvalue weighted by molar-refractivity contribution is 5.76. The predicted molar refractivity (Wildman–Crippen MR) is 273 cm³/mol. The molecule has 0 heterocycles. The molecule has 1 amide bonds. The predicted octanol–water partition coefficient (Wildman–Crippen LogP) is 17.3. The first kappa shape index (κ1) is 61.6. The van der Waals surface area contributed by atoms with E-state index in [1.165, 1.54) is 238 Å². The van der Waals surface area contributed by atoms with Gasteiger partial charge in [0.1, 0.15) is 0 Å². The number of aliphatic hydroxyl groups is 2. The molecule has 0 rings (SSSR count). The van der Waals surface area contributed by atoms with Crippen molar-refractivity contribution in [3.8, 4) is 0 Å². The third kappa shape index (κ3) is 49.9. The number of carbonyl (C=O) groups is 2. The molecule has 0 aliphatic carbocycles. The number of hydrogen-bond acceptors (Lipinski definition) is 5. The van der Waals surface area contributed by atoms with Gasteiger partial charge in [-0.15, -0.1) is 0 Å². The normalized spacial score (nSPS) is 12.6. The second kappa shape index (κ2) is 53.2. The molecule has 6 nitrogen and oxygen atoms in total. The van der Waals surface area contributed by atoms with Gasteiger partial charge in [0.25, 0.3) is 0 Å². The third-order valence-corrected chi connectivity index (χ3v) is 13.3. The van der Waals surface area contributed by atoms with E-state index < -0.39 is 12.1 Å². The quantitative estimate of drug-likeness (QED) is 0.0321. The summed E-state index contributed by atoms with van der Waals surface area (Å²) in [5.74, 6) is -0.0443. The van der Waals surface area contributed by atoms with Crippen LogP contribution >= 0.6 is 0 Å². The molecule has 3 N–H and O–H groups in total. The average molecular weight is 891 g/mol. The van der Waals surface area contributed by atoms with Crippen LogP contribution in [-0.2, 0) is 14.3 Å². The van der Waals surface area contributed by atoms with E-state index in [1.807, 2.05) is 0 Å². The summed E-state index contributed by atoms with van der Waals surface area (Å²) in [7, 11) is 0. The number of aliphatic hydroxyl groups excluding tert-OH is 2. The van der Waals surface area contributed by atoms with Gasteiger partial charge in [0.15, 0.2) is 0 Å². The van der Waals surface area contributed by atoms with Crippen LogP contribution in [-0.4, -0.2) is 47.4 Å². The van der Waals surface area contributed by atoms with Gasteiger partial charge in [-0.1, -0.05) is 264 Å². The largest absolute Gasteiger partial charge is 0.466 e. The van der Waals surface area contributed by atoms with E-state index in [-0.39, 0.29) is 18.5 Å². The van der Waals surface area contributed by atoms with Crippen molar-refractivity contribution in [1.29, 1.82) is 0 Å². The van der Waals surface area contributed by atoms with Crippen LogP contribution in [0.5, 0.6) is 0 Å². The van der Waals surface area contributed by atoms with Crippen molar-refractivity contribution in [3.63, 3.8) is 0 Å². The lowest BCUT2D eigenvalue weighted by atomic mass is 10.0. The second-order valence-corrected chi connectivity index (χ2v) is 19.6. The molecule has 374 valence electrons. The van der Waals surface area contributed by atoms with E-state index >= 15 is 0 Å². The molecule has 6 heteroatoms. The van der Waals surface area contributed by atoms with Crippen LogP contribution in [0.25, 0.3) is 0 Å². The van der Waals surface area contributed by atoms with Crippen LogP contribution in [0, 0.1) is 0 Å². The Hall–Kier alpha value is -1.40. The second-order valence-electron chi connectivity index (χ2n) is 19.6. The van der Waals surface area contributed by atoms with Gasteiger partial charge in [0.05, 0.1) is 25.4 Å². The zero-order valence-electron chi connectivity index (χ0n) is 42.6. The Balaban J connectivity index is 3.42. The van der Waals surface area contributed by atoms with E-state index in [2.05, 4.69) is 31.3 Å². The van der Waals surface area contributed by atoms with Crippen molar-refractivity contribution in [2.75, 3.05) is 13.2 Å². The first-order chi connectivity index (χ1) is 31.0. The van der Waals surface area contributed by atoms with Crippen LogP contribution in [0.1, 0.15) is 316 Å². The zero-order valence-corrected chi connectivity index (χ0v) is 42.6. The molecular formula is C57H111NO5.